The van der Waals surface area contributed by atoms with E-state index in [1.807, 2.05) is 0 Å². The number of ether oxygens (including phenoxy) is 1. The zero-order chi connectivity index (χ0) is 42.7. The number of hydrogen-bond acceptors (Lipinski definition) is 2. The van der Waals surface area contributed by atoms with Crippen molar-refractivity contribution >= 4 is 62.0 Å². The van der Waals surface area contributed by atoms with Gasteiger partial charge < -0.3 is 14.2 Å². The van der Waals surface area contributed by atoms with Gasteiger partial charge in [-0.3, -0.25) is 0 Å². The number of fused-ring (bicyclic) bond motifs is 7. The maximum absolute atomic E-state index is 7.31. The minimum atomic E-state index is -0.00657. The molecule has 6 aliphatic rings. The lowest BCUT2D eigenvalue weighted by Crippen LogP contribution is -2.60. The van der Waals surface area contributed by atoms with Gasteiger partial charge in [0.25, 0.3) is 6.71 Å². The summed E-state index contributed by atoms with van der Waals surface area (Å²) in [5, 5.41) is 2.70. The average molecular weight is 813 g/mol. The summed E-state index contributed by atoms with van der Waals surface area (Å²) in [4.78, 5) is 2.56. The Balaban J connectivity index is 1.16. The molecule has 4 saturated carbocycles. The molecular formula is C58H61BN2O. The molecule has 13 rings (SSSR count). The fourth-order valence-corrected chi connectivity index (χ4v) is 13.3. The fourth-order valence-electron chi connectivity index (χ4n) is 13.3. The third-order valence-electron chi connectivity index (χ3n) is 16.0. The molecule has 0 unspecified atom stereocenters. The summed E-state index contributed by atoms with van der Waals surface area (Å²) < 4.78 is 9.95. The van der Waals surface area contributed by atoms with Crippen LogP contribution < -0.4 is 26.0 Å². The second-order valence-electron chi connectivity index (χ2n) is 23.3. The molecule has 3 heterocycles. The third kappa shape index (κ3) is 5.70. The Bertz CT molecular complexity index is 2950. The quantitative estimate of drug-likeness (QED) is 0.165. The maximum Gasteiger partial charge on any atom is 0.256 e. The predicted molar refractivity (Wildman–Crippen MR) is 263 cm³/mol. The van der Waals surface area contributed by atoms with Gasteiger partial charge in [-0.25, -0.2) is 0 Å². The number of rotatable bonds is 3. The molecule has 0 atom stereocenters. The summed E-state index contributed by atoms with van der Waals surface area (Å²) in [6.45, 7) is 20.9. The van der Waals surface area contributed by atoms with E-state index in [0.717, 1.165) is 29.3 Å². The Morgan fingerprint density at radius 2 is 1.13 bits per heavy atom. The lowest BCUT2D eigenvalue weighted by atomic mass is 9.33. The Kier molecular flexibility index (Phi) is 8.02. The second-order valence-corrected chi connectivity index (χ2v) is 23.3. The molecule has 0 spiro atoms. The molecule has 4 heteroatoms. The van der Waals surface area contributed by atoms with Crippen molar-refractivity contribution in [3.8, 4) is 17.2 Å². The number of aromatic nitrogens is 1. The zero-order valence-electron chi connectivity index (χ0n) is 38.3. The first-order chi connectivity index (χ1) is 29.5. The van der Waals surface area contributed by atoms with Crippen LogP contribution in [0.15, 0.2) is 115 Å². The second kappa shape index (κ2) is 12.9. The number of nitrogens with zero attached hydrogens (tertiary/aromatic N) is 2. The lowest BCUT2D eigenvalue weighted by molar-refractivity contribution is -0.00460. The van der Waals surface area contributed by atoms with E-state index in [9.17, 15) is 0 Å². The topological polar surface area (TPSA) is 17.4 Å². The molecule has 4 aliphatic carbocycles. The minimum absolute atomic E-state index is 0.00146. The van der Waals surface area contributed by atoms with Crippen molar-refractivity contribution in [3.63, 3.8) is 0 Å². The van der Waals surface area contributed by atoms with Crippen LogP contribution in [0.4, 0.5) is 17.1 Å². The smallest absolute Gasteiger partial charge is 0.256 e. The van der Waals surface area contributed by atoms with E-state index in [1.165, 1.54) is 116 Å². The van der Waals surface area contributed by atoms with E-state index in [4.69, 9.17) is 4.74 Å². The third-order valence-corrected chi connectivity index (χ3v) is 16.0. The van der Waals surface area contributed by atoms with Gasteiger partial charge in [-0.2, -0.15) is 0 Å². The first kappa shape index (κ1) is 38.5. The molecule has 312 valence electrons. The Morgan fingerprint density at radius 3 is 1.79 bits per heavy atom. The normalized spacial score (nSPS) is 22.5. The monoisotopic (exact) mass is 812 g/mol. The van der Waals surface area contributed by atoms with Crippen molar-refractivity contribution in [2.75, 3.05) is 4.90 Å². The van der Waals surface area contributed by atoms with E-state index >= 15 is 0 Å². The molecule has 2 aliphatic heterocycles. The summed E-state index contributed by atoms with van der Waals surface area (Å²) >= 11 is 0. The SMILES string of the molecule is CC(C)(C)c1ccc(N2c3ccc(C(C)(C)C)cc3B3c4cc(C(C)(C)C)ccc4Oc4cc(-n5c6ccccc6c6cccc(C78CC9CC(CC(C9)C7)C8)c65)cc2c43)cc1. The molecule has 0 saturated heterocycles. The Hall–Kier alpha value is -5.22. The van der Waals surface area contributed by atoms with Crippen LogP contribution in [0.25, 0.3) is 27.5 Å². The summed E-state index contributed by atoms with van der Waals surface area (Å²) in [6.07, 6.45) is 8.31. The Morgan fingerprint density at radius 1 is 0.532 bits per heavy atom. The van der Waals surface area contributed by atoms with Crippen LogP contribution in [0.5, 0.6) is 11.5 Å². The van der Waals surface area contributed by atoms with Crippen LogP contribution in [-0.2, 0) is 21.7 Å². The van der Waals surface area contributed by atoms with Gasteiger partial charge in [-0.05, 0) is 153 Å². The van der Waals surface area contributed by atoms with Crippen LogP contribution in [0.1, 0.15) is 123 Å². The summed E-state index contributed by atoms with van der Waals surface area (Å²) in [6, 6.07) is 45.0. The van der Waals surface area contributed by atoms with Crippen LogP contribution in [-0.4, -0.2) is 11.3 Å². The Labute approximate surface area is 369 Å². The molecule has 4 fully saturated rings. The van der Waals surface area contributed by atoms with E-state index in [-0.39, 0.29) is 28.4 Å². The number of benzene rings is 6. The minimum Gasteiger partial charge on any atom is -0.458 e. The summed E-state index contributed by atoms with van der Waals surface area (Å²) in [5.41, 5.74) is 17.2. The first-order valence-corrected chi connectivity index (χ1v) is 23.6. The average Bonchev–Trinajstić information content (AvgIpc) is 3.56. The zero-order valence-corrected chi connectivity index (χ0v) is 38.3. The standard InChI is InChI=1S/C58H61BN2O/c1-55(2,3)38-17-21-41(22-18-38)60-49-23-19-39(56(4,5)6)28-46(49)59-47-29-40(57(7,8)9)20-24-51(47)62-52-31-42(30-50(60)53(52)59)61-48-16-11-10-13-43(48)44-14-12-15-45(54(44)61)58-32-35-25-36(33-58)27-37(26-35)34-58/h10-24,28-31,35-37H,25-27,32-34H2,1-9H3. The van der Waals surface area contributed by atoms with Crippen molar-refractivity contribution in [1.29, 1.82) is 0 Å². The largest absolute Gasteiger partial charge is 0.458 e. The van der Waals surface area contributed by atoms with Gasteiger partial charge in [0, 0.05) is 33.9 Å². The number of anilines is 3. The van der Waals surface area contributed by atoms with Gasteiger partial charge in [0.15, 0.2) is 0 Å². The molecule has 4 bridgehead atoms. The van der Waals surface area contributed by atoms with Crippen LogP contribution in [0.3, 0.4) is 0 Å². The van der Waals surface area contributed by atoms with E-state index in [0.29, 0.717) is 0 Å². The molecule has 7 aromatic rings. The highest BCUT2D eigenvalue weighted by Crippen LogP contribution is 2.62. The van der Waals surface area contributed by atoms with E-state index in [1.54, 1.807) is 5.56 Å². The van der Waals surface area contributed by atoms with Gasteiger partial charge in [-0.1, -0.05) is 135 Å². The number of para-hydroxylation sites is 2. The van der Waals surface area contributed by atoms with Gasteiger partial charge in [0.2, 0.25) is 0 Å². The highest BCUT2D eigenvalue weighted by Gasteiger charge is 2.52. The highest BCUT2D eigenvalue weighted by molar-refractivity contribution is 6.99. The summed E-state index contributed by atoms with van der Waals surface area (Å²) in [5.74, 6) is 4.52. The first-order valence-electron chi connectivity index (χ1n) is 23.6. The van der Waals surface area contributed by atoms with E-state index in [2.05, 4.69) is 187 Å². The van der Waals surface area contributed by atoms with Gasteiger partial charge in [0.05, 0.1) is 16.7 Å². The molecular weight excluding hydrogens is 751 g/mol. The number of hydrogen-bond donors (Lipinski definition) is 0. The molecule has 1 aromatic heterocycles. The van der Waals surface area contributed by atoms with Gasteiger partial charge in [-0.15, -0.1) is 0 Å². The molecule has 3 nitrogen and oxygen atoms in total. The molecule has 0 amide bonds. The van der Waals surface area contributed by atoms with Crippen LogP contribution >= 0.6 is 0 Å². The molecule has 0 N–H and O–H groups in total. The maximum atomic E-state index is 7.31. The molecule has 62 heavy (non-hydrogen) atoms. The van der Waals surface area contributed by atoms with Gasteiger partial charge in [0.1, 0.15) is 11.5 Å². The van der Waals surface area contributed by atoms with Crippen molar-refractivity contribution in [2.24, 2.45) is 17.8 Å². The molecule has 0 radical (unpaired) electrons. The summed E-state index contributed by atoms with van der Waals surface area (Å²) in [7, 11) is 0. The van der Waals surface area contributed by atoms with E-state index < -0.39 is 0 Å². The van der Waals surface area contributed by atoms with Crippen molar-refractivity contribution in [1.82, 2.24) is 4.57 Å². The van der Waals surface area contributed by atoms with Crippen molar-refractivity contribution in [2.45, 2.75) is 122 Å². The predicted octanol–water partition coefficient (Wildman–Crippen LogP) is 13.5. The molecule has 6 aromatic carbocycles. The van der Waals surface area contributed by atoms with Crippen LogP contribution in [0, 0.1) is 17.8 Å². The van der Waals surface area contributed by atoms with Crippen molar-refractivity contribution < 1.29 is 4.74 Å². The lowest BCUT2D eigenvalue weighted by Gasteiger charge is -2.57. The van der Waals surface area contributed by atoms with Gasteiger partial charge >= 0.3 is 0 Å². The highest BCUT2D eigenvalue weighted by atomic mass is 16.5. The fraction of sp³-hybridized carbons (Fsp3) is 0.379. The van der Waals surface area contributed by atoms with Crippen LogP contribution in [0.2, 0.25) is 0 Å². The van der Waals surface area contributed by atoms with Crippen molar-refractivity contribution in [3.05, 3.63) is 138 Å².